The lowest BCUT2D eigenvalue weighted by molar-refractivity contribution is 0.0827. The van der Waals surface area contributed by atoms with E-state index in [-0.39, 0.29) is 5.91 Å². The molecule has 3 rings (SSSR count). The maximum absolute atomic E-state index is 12.0. The molecule has 2 aromatic rings. The van der Waals surface area contributed by atoms with Crippen molar-refractivity contribution in [2.75, 3.05) is 27.2 Å². The highest BCUT2D eigenvalue weighted by Gasteiger charge is 2.37. The van der Waals surface area contributed by atoms with E-state index in [9.17, 15) is 4.79 Å². The molecular weight excluding hydrogens is 348 g/mol. The molecule has 5 heteroatoms. The second-order valence-electron chi connectivity index (χ2n) is 7.49. The van der Waals surface area contributed by atoms with Crippen LogP contribution in [-0.4, -0.2) is 44.0 Å². The van der Waals surface area contributed by atoms with Gasteiger partial charge in [-0.3, -0.25) is 4.79 Å². The van der Waals surface area contributed by atoms with Crippen LogP contribution in [0.1, 0.15) is 40.7 Å². The summed E-state index contributed by atoms with van der Waals surface area (Å²) in [5.41, 5.74) is 3.22. The van der Waals surface area contributed by atoms with E-state index in [1.165, 1.54) is 12.0 Å². The zero-order valence-corrected chi connectivity index (χ0v) is 17.0. The van der Waals surface area contributed by atoms with Crippen LogP contribution in [-0.2, 0) is 6.54 Å². The van der Waals surface area contributed by atoms with Gasteiger partial charge in [0, 0.05) is 32.7 Å². The molecule has 1 amide bonds. The summed E-state index contributed by atoms with van der Waals surface area (Å²) in [4.78, 5) is 18.2. The SMILES string of the molecule is CCNC(=NCc1ccc(C(=O)N(C)C)cc1)NCC1CC1c1ccccc1. The minimum Gasteiger partial charge on any atom is -0.357 e. The van der Waals surface area contributed by atoms with Gasteiger partial charge in [0.05, 0.1) is 6.54 Å². The van der Waals surface area contributed by atoms with Gasteiger partial charge >= 0.3 is 0 Å². The summed E-state index contributed by atoms with van der Waals surface area (Å²) in [7, 11) is 3.52. The molecule has 2 N–H and O–H groups in total. The van der Waals surface area contributed by atoms with Crippen molar-refractivity contribution >= 4 is 11.9 Å². The van der Waals surface area contributed by atoms with Crippen molar-refractivity contribution in [3.8, 4) is 0 Å². The van der Waals surface area contributed by atoms with Crippen LogP contribution in [0.3, 0.4) is 0 Å². The molecule has 28 heavy (non-hydrogen) atoms. The summed E-state index contributed by atoms with van der Waals surface area (Å²) in [6.45, 7) is 4.41. The van der Waals surface area contributed by atoms with E-state index in [1.54, 1.807) is 19.0 Å². The zero-order chi connectivity index (χ0) is 19.9. The van der Waals surface area contributed by atoms with Gasteiger partial charge in [-0.05, 0) is 48.4 Å². The zero-order valence-electron chi connectivity index (χ0n) is 17.0. The topological polar surface area (TPSA) is 56.7 Å². The molecule has 2 atom stereocenters. The lowest BCUT2D eigenvalue weighted by atomic mass is 10.1. The lowest BCUT2D eigenvalue weighted by Crippen LogP contribution is -2.38. The standard InChI is InChI=1S/C23H30N4O/c1-4-24-23(26-16-20-14-21(20)18-8-6-5-7-9-18)25-15-17-10-12-19(13-11-17)22(28)27(2)3/h5-13,20-21H,4,14-16H2,1-3H3,(H2,24,25,26). The Kier molecular flexibility index (Phi) is 6.69. The van der Waals surface area contributed by atoms with E-state index in [1.807, 2.05) is 24.3 Å². The van der Waals surface area contributed by atoms with Crippen LogP contribution in [0, 0.1) is 5.92 Å². The normalized spacial score (nSPS) is 18.5. The molecule has 0 aliphatic heterocycles. The molecule has 2 unspecified atom stereocenters. The lowest BCUT2D eigenvalue weighted by Gasteiger charge is -2.12. The van der Waals surface area contributed by atoms with Crippen LogP contribution >= 0.6 is 0 Å². The highest BCUT2D eigenvalue weighted by atomic mass is 16.2. The number of rotatable bonds is 7. The van der Waals surface area contributed by atoms with Crippen molar-refractivity contribution in [2.45, 2.75) is 25.8 Å². The maximum atomic E-state index is 12.0. The van der Waals surface area contributed by atoms with Crippen molar-refractivity contribution in [3.05, 3.63) is 71.3 Å². The number of aliphatic imine (C=N–C) groups is 1. The quantitative estimate of drug-likeness (QED) is 0.574. The smallest absolute Gasteiger partial charge is 0.253 e. The van der Waals surface area contributed by atoms with Crippen LogP contribution in [0.15, 0.2) is 59.6 Å². The van der Waals surface area contributed by atoms with Gasteiger partial charge in [-0.2, -0.15) is 0 Å². The molecule has 1 aliphatic rings. The highest BCUT2D eigenvalue weighted by Crippen LogP contribution is 2.46. The van der Waals surface area contributed by atoms with Gasteiger partial charge < -0.3 is 15.5 Å². The number of nitrogens with zero attached hydrogens (tertiary/aromatic N) is 2. The number of hydrogen-bond donors (Lipinski definition) is 2. The first kappa shape index (κ1) is 19.9. The van der Waals surface area contributed by atoms with E-state index in [0.29, 0.717) is 23.9 Å². The second-order valence-corrected chi connectivity index (χ2v) is 7.49. The Hall–Kier alpha value is -2.82. The predicted octanol–water partition coefficient (Wildman–Crippen LogP) is 3.25. The van der Waals surface area contributed by atoms with Gasteiger partial charge in [0.1, 0.15) is 0 Å². The van der Waals surface area contributed by atoms with E-state index in [4.69, 9.17) is 0 Å². The summed E-state index contributed by atoms with van der Waals surface area (Å²) in [5, 5.41) is 6.79. The van der Waals surface area contributed by atoms with E-state index in [2.05, 4.69) is 52.9 Å². The Morgan fingerprint density at radius 2 is 1.79 bits per heavy atom. The molecule has 0 radical (unpaired) electrons. The molecular formula is C23H30N4O. The molecule has 0 spiro atoms. The van der Waals surface area contributed by atoms with Gasteiger partial charge in [0.2, 0.25) is 0 Å². The fraction of sp³-hybridized carbons (Fsp3) is 0.391. The van der Waals surface area contributed by atoms with Crippen LogP contribution in [0.4, 0.5) is 0 Å². The highest BCUT2D eigenvalue weighted by molar-refractivity contribution is 5.93. The van der Waals surface area contributed by atoms with Crippen LogP contribution < -0.4 is 10.6 Å². The monoisotopic (exact) mass is 378 g/mol. The third-order valence-corrected chi connectivity index (χ3v) is 5.05. The molecule has 1 fully saturated rings. The first-order chi connectivity index (χ1) is 13.6. The number of guanidine groups is 1. The summed E-state index contributed by atoms with van der Waals surface area (Å²) in [6, 6.07) is 18.4. The van der Waals surface area contributed by atoms with Crippen molar-refractivity contribution in [1.82, 2.24) is 15.5 Å². The molecule has 148 valence electrons. The largest absolute Gasteiger partial charge is 0.357 e. The summed E-state index contributed by atoms with van der Waals surface area (Å²) < 4.78 is 0. The van der Waals surface area contributed by atoms with Gasteiger partial charge in [0.15, 0.2) is 5.96 Å². The van der Waals surface area contributed by atoms with Crippen molar-refractivity contribution in [1.29, 1.82) is 0 Å². The van der Waals surface area contributed by atoms with E-state index >= 15 is 0 Å². The molecule has 0 aromatic heterocycles. The van der Waals surface area contributed by atoms with Crippen molar-refractivity contribution < 1.29 is 4.79 Å². The van der Waals surface area contributed by atoms with Crippen LogP contribution in [0.25, 0.3) is 0 Å². The van der Waals surface area contributed by atoms with Gasteiger partial charge in [-0.25, -0.2) is 4.99 Å². The molecule has 2 aromatic carbocycles. The van der Waals surface area contributed by atoms with E-state index in [0.717, 1.165) is 24.6 Å². The number of amides is 1. The Bertz CT molecular complexity index is 799. The van der Waals surface area contributed by atoms with Gasteiger partial charge in [-0.1, -0.05) is 42.5 Å². The maximum Gasteiger partial charge on any atom is 0.253 e. The fourth-order valence-electron chi connectivity index (χ4n) is 3.33. The minimum absolute atomic E-state index is 0.0162. The average molecular weight is 379 g/mol. The Labute approximate surface area is 167 Å². The van der Waals surface area contributed by atoms with Crippen molar-refractivity contribution in [2.24, 2.45) is 10.9 Å². The number of nitrogens with one attached hydrogen (secondary N) is 2. The average Bonchev–Trinajstić information content (AvgIpc) is 3.50. The number of carbonyl (C=O) groups excluding carboxylic acids is 1. The first-order valence-electron chi connectivity index (χ1n) is 9.96. The van der Waals surface area contributed by atoms with Crippen molar-refractivity contribution in [3.63, 3.8) is 0 Å². The van der Waals surface area contributed by atoms with Crippen LogP contribution in [0.5, 0.6) is 0 Å². The Morgan fingerprint density at radius 1 is 1.07 bits per heavy atom. The molecule has 1 saturated carbocycles. The third-order valence-electron chi connectivity index (χ3n) is 5.05. The number of benzene rings is 2. The molecule has 5 nitrogen and oxygen atoms in total. The summed E-state index contributed by atoms with van der Waals surface area (Å²) >= 11 is 0. The fourth-order valence-corrected chi connectivity index (χ4v) is 3.33. The second kappa shape index (κ2) is 9.40. The molecule has 0 bridgehead atoms. The molecule has 1 aliphatic carbocycles. The molecule has 0 saturated heterocycles. The van der Waals surface area contributed by atoms with E-state index < -0.39 is 0 Å². The Morgan fingerprint density at radius 3 is 2.43 bits per heavy atom. The molecule has 0 heterocycles. The summed E-state index contributed by atoms with van der Waals surface area (Å²) in [5.74, 6) is 2.19. The minimum atomic E-state index is 0.0162. The summed E-state index contributed by atoms with van der Waals surface area (Å²) in [6.07, 6.45) is 1.23. The van der Waals surface area contributed by atoms with Crippen LogP contribution in [0.2, 0.25) is 0 Å². The number of carbonyl (C=O) groups is 1. The van der Waals surface area contributed by atoms with Gasteiger partial charge in [0.25, 0.3) is 5.91 Å². The third kappa shape index (κ3) is 5.35. The first-order valence-corrected chi connectivity index (χ1v) is 9.96. The van der Waals surface area contributed by atoms with Gasteiger partial charge in [-0.15, -0.1) is 0 Å². The predicted molar refractivity (Wildman–Crippen MR) is 115 cm³/mol. The number of hydrogen-bond acceptors (Lipinski definition) is 2. The Balaban J connectivity index is 1.52.